The number of methoxy groups -OCH3 is 1. The monoisotopic (exact) mass is 609 g/mol. The maximum absolute atomic E-state index is 12.6. The minimum absolute atomic E-state index is 0.147. The summed E-state index contributed by atoms with van der Waals surface area (Å²) in [7, 11) is 1.63. The van der Waals surface area contributed by atoms with Gasteiger partial charge in [-0.1, -0.05) is 31.9 Å². The molecule has 1 saturated heterocycles. The molecule has 44 heavy (non-hydrogen) atoms. The first-order valence-corrected chi connectivity index (χ1v) is 15.4. The highest BCUT2D eigenvalue weighted by molar-refractivity contribution is 5.87. The van der Waals surface area contributed by atoms with E-state index in [1.54, 1.807) is 12.0 Å². The summed E-state index contributed by atoms with van der Waals surface area (Å²) in [6.45, 7) is 12.6. The van der Waals surface area contributed by atoms with Crippen LogP contribution in [0.25, 0.3) is 11.0 Å². The molecule has 1 aromatic carbocycles. The van der Waals surface area contributed by atoms with Gasteiger partial charge in [-0.15, -0.1) is 0 Å². The smallest absolute Gasteiger partial charge is 0.410 e. The molecule has 2 aromatic heterocycles. The van der Waals surface area contributed by atoms with Crippen LogP contribution in [0.1, 0.15) is 58.1 Å². The van der Waals surface area contributed by atoms with E-state index in [0.29, 0.717) is 51.6 Å². The van der Waals surface area contributed by atoms with Crippen LogP contribution in [0.5, 0.6) is 5.75 Å². The Hall–Kier alpha value is -4.06. The predicted molar refractivity (Wildman–Crippen MR) is 171 cm³/mol. The van der Waals surface area contributed by atoms with Gasteiger partial charge in [0.2, 0.25) is 5.95 Å². The molecule has 1 aliphatic rings. The first-order chi connectivity index (χ1) is 21.1. The van der Waals surface area contributed by atoms with Crippen molar-refractivity contribution in [3.63, 3.8) is 0 Å². The van der Waals surface area contributed by atoms with E-state index >= 15 is 0 Å². The number of aromatic nitrogens is 3. The van der Waals surface area contributed by atoms with Crippen LogP contribution in [0, 0.1) is 0 Å². The molecule has 0 aliphatic carbocycles. The van der Waals surface area contributed by atoms with Crippen LogP contribution < -0.4 is 15.8 Å². The van der Waals surface area contributed by atoms with E-state index < -0.39 is 5.60 Å². The van der Waals surface area contributed by atoms with E-state index in [-0.39, 0.29) is 24.4 Å². The number of benzene rings is 1. The third-order valence-corrected chi connectivity index (χ3v) is 7.44. The number of nitrogens with zero attached hydrogens (tertiary/aromatic N) is 5. The first-order valence-electron chi connectivity index (χ1n) is 15.4. The quantitative estimate of drug-likeness (QED) is 0.213. The SMILES string of the molecule is CCCCCNc1nc(N)nc2ccn(Cc3ccc(CC(=O)OCCN4CCN(C(=O)OC(C)(C)C)CC4)cc3OC)c12. The second-order valence-electron chi connectivity index (χ2n) is 12.1. The van der Waals surface area contributed by atoms with Gasteiger partial charge in [0, 0.05) is 51.0 Å². The molecule has 0 atom stereocenters. The third kappa shape index (κ3) is 9.22. The number of anilines is 2. The lowest BCUT2D eigenvalue weighted by atomic mass is 10.1. The summed E-state index contributed by atoms with van der Waals surface area (Å²) in [6, 6.07) is 7.72. The molecule has 0 bridgehead atoms. The molecule has 12 heteroatoms. The van der Waals surface area contributed by atoms with E-state index in [9.17, 15) is 9.59 Å². The maximum Gasteiger partial charge on any atom is 0.410 e. The number of unbranched alkanes of at least 4 members (excludes halogenated alkanes) is 2. The number of hydrogen-bond acceptors (Lipinski definition) is 10. The van der Waals surface area contributed by atoms with Gasteiger partial charge in [-0.3, -0.25) is 9.69 Å². The molecule has 1 fully saturated rings. The number of carbonyl (C=O) groups is 2. The van der Waals surface area contributed by atoms with Gasteiger partial charge in [0.1, 0.15) is 23.5 Å². The van der Waals surface area contributed by atoms with Crippen molar-refractivity contribution in [2.45, 2.75) is 65.5 Å². The van der Waals surface area contributed by atoms with Crippen molar-refractivity contribution in [1.29, 1.82) is 0 Å². The van der Waals surface area contributed by atoms with Gasteiger partial charge in [0.25, 0.3) is 0 Å². The molecule has 0 radical (unpaired) electrons. The molecule has 0 saturated carbocycles. The number of rotatable bonds is 13. The highest BCUT2D eigenvalue weighted by Crippen LogP contribution is 2.27. The molecule has 0 unspecified atom stereocenters. The molecular formula is C32H47N7O5. The Morgan fingerprint density at radius 2 is 1.84 bits per heavy atom. The van der Waals surface area contributed by atoms with Crippen molar-refractivity contribution in [3.8, 4) is 5.75 Å². The number of nitrogens with one attached hydrogen (secondary N) is 1. The fourth-order valence-corrected chi connectivity index (χ4v) is 5.16. The summed E-state index contributed by atoms with van der Waals surface area (Å²) in [5.74, 6) is 1.35. The zero-order valence-corrected chi connectivity index (χ0v) is 26.7. The van der Waals surface area contributed by atoms with E-state index in [1.807, 2.05) is 51.2 Å². The topological polar surface area (TPSA) is 137 Å². The molecule has 240 valence electrons. The number of carbonyl (C=O) groups excluding carboxylic acids is 2. The van der Waals surface area contributed by atoms with Gasteiger partial charge in [0.05, 0.1) is 25.6 Å². The highest BCUT2D eigenvalue weighted by atomic mass is 16.6. The minimum Gasteiger partial charge on any atom is -0.496 e. The Morgan fingerprint density at radius 3 is 2.55 bits per heavy atom. The zero-order valence-electron chi connectivity index (χ0n) is 26.7. The van der Waals surface area contributed by atoms with E-state index in [2.05, 4.69) is 31.7 Å². The number of ether oxygens (including phenoxy) is 3. The molecule has 0 spiro atoms. The lowest BCUT2D eigenvalue weighted by Gasteiger charge is -2.35. The summed E-state index contributed by atoms with van der Waals surface area (Å²) < 4.78 is 18.8. The second-order valence-corrected chi connectivity index (χ2v) is 12.1. The number of hydrogen-bond donors (Lipinski definition) is 2. The number of esters is 1. The Bertz CT molecular complexity index is 1410. The predicted octanol–water partition coefficient (Wildman–Crippen LogP) is 4.31. The lowest BCUT2D eigenvalue weighted by Crippen LogP contribution is -2.50. The molecule has 1 amide bonds. The van der Waals surface area contributed by atoms with Crippen molar-refractivity contribution in [3.05, 3.63) is 41.6 Å². The normalized spacial score (nSPS) is 14.1. The second kappa shape index (κ2) is 15.1. The van der Waals surface area contributed by atoms with Crippen molar-refractivity contribution in [2.24, 2.45) is 0 Å². The van der Waals surface area contributed by atoms with Gasteiger partial charge in [-0.2, -0.15) is 4.98 Å². The number of amides is 1. The molecule has 3 aromatic rings. The fourth-order valence-electron chi connectivity index (χ4n) is 5.16. The van der Waals surface area contributed by atoms with E-state index in [0.717, 1.165) is 53.8 Å². The van der Waals surface area contributed by atoms with Crippen LogP contribution in [0.2, 0.25) is 0 Å². The molecule has 12 nitrogen and oxygen atoms in total. The average Bonchev–Trinajstić information content (AvgIpc) is 3.37. The summed E-state index contributed by atoms with van der Waals surface area (Å²) in [5.41, 5.74) is 8.90. The Morgan fingerprint density at radius 1 is 1.07 bits per heavy atom. The van der Waals surface area contributed by atoms with Gasteiger partial charge < -0.3 is 34.7 Å². The summed E-state index contributed by atoms with van der Waals surface area (Å²) in [5, 5.41) is 3.43. The molecule has 1 aliphatic heterocycles. The Kier molecular flexibility index (Phi) is 11.3. The minimum atomic E-state index is -0.510. The van der Waals surface area contributed by atoms with Crippen LogP contribution in [0.4, 0.5) is 16.6 Å². The van der Waals surface area contributed by atoms with Crippen LogP contribution in [0.3, 0.4) is 0 Å². The molecular weight excluding hydrogens is 562 g/mol. The van der Waals surface area contributed by atoms with Gasteiger partial charge in [0.15, 0.2) is 5.82 Å². The summed E-state index contributed by atoms with van der Waals surface area (Å²) in [6.07, 6.45) is 5.16. The van der Waals surface area contributed by atoms with E-state index in [4.69, 9.17) is 19.9 Å². The zero-order chi connectivity index (χ0) is 31.7. The summed E-state index contributed by atoms with van der Waals surface area (Å²) >= 11 is 0. The first kappa shape index (κ1) is 32.8. The number of piperazine rings is 1. The van der Waals surface area contributed by atoms with Crippen molar-refractivity contribution in [1.82, 2.24) is 24.3 Å². The highest BCUT2D eigenvalue weighted by Gasteiger charge is 2.26. The van der Waals surface area contributed by atoms with Crippen LogP contribution in [-0.2, 0) is 27.2 Å². The van der Waals surface area contributed by atoms with Gasteiger partial charge in [-0.25, -0.2) is 9.78 Å². The van der Waals surface area contributed by atoms with Crippen LogP contribution in [0.15, 0.2) is 30.5 Å². The fraction of sp³-hybridized carbons (Fsp3) is 0.562. The van der Waals surface area contributed by atoms with Crippen LogP contribution >= 0.6 is 0 Å². The molecule has 3 heterocycles. The maximum atomic E-state index is 12.6. The van der Waals surface area contributed by atoms with Gasteiger partial charge in [-0.05, 0) is 44.9 Å². The molecule has 3 N–H and O–H groups in total. The Labute approximate surface area is 259 Å². The van der Waals surface area contributed by atoms with Gasteiger partial charge >= 0.3 is 12.1 Å². The Balaban J connectivity index is 1.29. The summed E-state index contributed by atoms with van der Waals surface area (Å²) in [4.78, 5) is 37.7. The molecule has 4 rings (SSSR count). The largest absolute Gasteiger partial charge is 0.496 e. The van der Waals surface area contributed by atoms with Crippen molar-refractivity contribution in [2.75, 3.05) is 64.0 Å². The standard InChI is InChI=1S/C32H47N7O5/c1-6-7-8-12-34-29-28-25(35-30(33)36-29)11-13-39(28)22-24-10-9-23(20-26(24)42-5)21-27(40)43-19-18-37-14-16-38(17-15-37)31(41)44-32(2,3)4/h9-11,13,20H,6-8,12,14-19,21-22H2,1-5H3,(H3,33,34,35,36). The lowest BCUT2D eigenvalue weighted by molar-refractivity contribution is -0.143. The average molecular weight is 610 g/mol. The van der Waals surface area contributed by atoms with E-state index in [1.165, 1.54) is 0 Å². The van der Waals surface area contributed by atoms with Crippen LogP contribution in [-0.4, -0.2) is 95.0 Å². The third-order valence-electron chi connectivity index (χ3n) is 7.44. The van der Waals surface area contributed by atoms with Crippen molar-refractivity contribution >= 4 is 34.9 Å². The number of nitrogens with two attached hydrogens (primary N) is 1. The number of fused-ring (bicyclic) bond motifs is 1. The number of nitrogen functional groups attached to an aromatic ring is 1. The van der Waals surface area contributed by atoms with Crippen molar-refractivity contribution < 1.29 is 23.8 Å².